The van der Waals surface area contributed by atoms with Gasteiger partial charge in [0.05, 0.1) is 23.4 Å². The Morgan fingerprint density at radius 2 is 1.90 bits per heavy atom. The van der Waals surface area contributed by atoms with E-state index in [1.54, 1.807) is 19.1 Å². The molecule has 3 aromatic rings. The summed E-state index contributed by atoms with van der Waals surface area (Å²) >= 11 is 0. The third-order valence-corrected chi connectivity index (χ3v) is 6.14. The number of hydrogen-bond acceptors (Lipinski definition) is 6. The topological polar surface area (TPSA) is 90.7 Å². The fraction of sp³-hybridized carbons (Fsp3) is 0.286. The van der Waals surface area contributed by atoms with Crippen molar-refractivity contribution in [2.45, 2.75) is 38.2 Å². The zero-order chi connectivity index (χ0) is 21.0. The molecule has 0 amide bonds. The van der Waals surface area contributed by atoms with Crippen LogP contribution in [0.5, 0.6) is 11.5 Å². The minimum atomic E-state index is -3.72. The van der Waals surface area contributed by atoms with Gasteiger partial charge in [-0.1, -0.05) is 6.92 Å². The average molecular weight is 412 g/mol. The van der Waals surface area contributed by atoms with Gasteiger partial charge in [-0.2, -0.15) is 0 Å². The SMILES string of the molecule is CCC1(O)C(=O)Cc2c1cc1n(c2=O)Cc2cc3cc4c(cc3nc2-1)OC(F)(F)O4. The maximum Gasteiger partial charge on any atom is 0.586 e. The Hall–Kier alpha value is -3.33. The largest absolute Gasteiger partial charge is 0.586 e. The summed E-state index contributed by atoms with van der Waals surface area (Å²) in [6.07, 6.45) is -3.66. The molecular weight excluding hydrogens is 398 g/mol. The number of nitrogens with zero attached hydrogens (tertiary/aromatic N) is 2. The van der Waals surface area contributed by atoms with Gasteiger partial charge in [-0.05, 0) is 24.6 Å². The summed E-state index contributed by atoms with van der Waals surface area (Å²) in [7, 11) is 0. The van der Waals surface area contributed by atoms with Crippen molar-refractivity contribution in [3.63, 3.8) is 0 Å². The first-order chi connectivity index (χ1) is 14.2. The summed E-state index contributed by atoms with van der Waals surface area (Å²) in [4.78, 5) is 30.0. The lowest BCUT2D eigenvalue weighted by Crippen LogP contribution is -2.31. The van der Waals surface area contributed by atoms with Crippen LogP contribution in [0, 0.1) is 0 Å². The summed E-state index contributed by atoms with van der Waals surface area (Å²) < 4.78 is 37.3. The second-order valence-electron chi connectivity index (χ2n) is 7.78. The van der Waals surface area contributed by atoms with E-state index in [-0.39, 0.29) is 42.2 Å². The number of pyridine rings is 2. The van der Waals surface area contributed by atoms with E-state index in [1.165, 1.54) is 16.7 Å². The number of halogens is 2. The lowest BCUT2D eigenvalue weighted by molar-refractivity contribution is -0.286. The number of ether oxygens (including phenoxy) is 2. The molecule has 2 aliphatic heterocycles. The maximum absolute atomic E-state index is 13.4. The molecule has 0 spiro atoms. The molecule has 0 saturated heterocycles. The van der Waals surface area contributed by atoms with Crippen molar-refractivity contribution < 1.29 is 28.2 Å². The maximum atomic E-state index is 13.4. The van der Waals surface area contributed by atoms with Crippen LogP contribution in [0.15, 0.2) is 29.1 Å². The number of hydrogen-bond donors (Lipinski definition) is 1. The van der Waals surface area contributed by atoms with Crippen LogP contribution in [-0.2, 0) is 23.4 Å². The van der Waals surface area contributed by atoms with Crippen LogP contribution in [0.3, 0.4) is 0 Å². The molecule has 0 saturated carbocycles. The summed E-state index contributed by atoms with van der Waals surface area (Å²) in [6, 6.07) is 6.22. The first kappa shape index (κ1) is 17.5. The average Bonchev–Trinajstić information content (AvgIpc) is 3.28. The van der Waals surface area contributed by atoms with Gasteiger partial charge in [0.1, 0.15) is 5.60 Å². The zero-order valence-corrected chi connectivity index (χ0v) is 15.7. The van der Waals surface area contributed by atoms with Crippen molar-refractivity contribution >= 4 is 16.7 Å². The minimum Gasteiger partial charge on any atom is -0.395 e. The Labute approximate surface area is 167 Å². The highest BCUT2D eigenvalue weighted by Crippen LogP contribution is 2.45. The van der Waals surface area contributed by atoms with Crippen molar-refractivity contribution in [2.75, 3.05) is 0 Å². The summed E-state index contributed by atoms with van der Waals surface area (Å²) in [5.74, 6) is -0.579. The molecule has 30 heavy (non-hydrogen) atoms. The van der Waals surface area contributed by atoms with Gasteiger partial charge >= 0.3 is 6.29 Å². The fourth-order valence-electron chi connectivity index (χ4n) is 4.60. The minimum absolute atomic E-state index is 0.0765. The molecule has 0 radical (unpaired) electrons. The number of rotatable bonds is 1. The van der Waals surface area contributed by atoms with Gasteiger partial charge in [0.25, 0.3) is 5.56 Å². The molecule has 1 N–H and O–H groups in total. The first-order valence-corrected chi connectivity index (χ1v) is 9.47. The van der Waals surface area contributed by atoms with Gasteiger partial charge < -0.3 is 19.1 Å². The van der Waals surface area contributed by atoms with Crippen LogP contribution in [0.25, 0.3) is 22.3 Å². The van der Waals surface area contributed by atoms with Gasteiger partial charge in [0.2, 0.25) is 0 Å². The van der Waals surface area contributed by atoms with Gasteiger partial charge in [0, 0.05) is 34.6 Å². The number of benzene rings is 1. The molecule has 2 aromatic heterocycles. The van der Waals surface area contributed by atoms with E-state index in [9.17, 15) is 23.5 Å². The van der Waals surface area contributed by atoms with Gasteiger partial charge in [0.15, 0.2) is 17.3 Å². The van der Waals surface area contributed by atoms with E-state index in [4.69, 9.17) is 0 Å². The number of carbonyl (C=O) groups excluding carboxylic acids is 1. The Kier molecular flexibility index (Phi) is 3.05. The van der Waals surface area contributed by atoms with E-state index in [0.29, 0.717) is 33.4 Å². The molecule has 1 atom stereocenters. The van der Waals surface area contributed by atoms with Crippen LogP contribution < -0.4 is 15.0 Å². The molecule has 0 bridgehead atoms. The number of aromatic nitrogens is 2. The second-order valence-corrected chi connectivity index (χ2v) is 7.78. The predicted octanol–water partition coefficient (Wildman–Crippen LogP) is 2.47. The number of ketones is 1. The Morgan fingerprint density at radius 3 is 2.63 bits per heavy atom. The molecule has 1 aliphatic carbocycles. The van der Waals surface area contributed by atoms with Gasteiger partial charge in [-0.3, -0.25) is 9.59 Å². The number of aliphatic hydroxyl groups is 1. The number of alkyl halides is 2. The fourth-order valence-corrected chi connectivity index (χ4v) is 4.60. The van der Waals surface area contributed by atoms with E-state index < -0.39 is 11.9 Å². The molecule has 7 nitrogen and oxygen atoms in total. The van der Waals surface area contributed by atoms with E-state index >= 15 is 0 Å². The highest BCUT2D eigenvalue weighted by Gasteiger charge is 2.46. The number of fused-ring (bicyclic) bond motifs is 6. The summed E-state index contributed by atoms with van der Waals surface area (Å²) in [5.41, 5.74) is 0.764. The van der Waals surface area contributed by atoms with Crippen LogP contribution >= 0.6 is 0 Å². The lowest BCUT2D eigenvalue weighted by Gasteiger charge is -2.20. The van der Waals surface area contributed by atoms with E-state index in [2.05, 4.69) is 14.5 Å². The molecule has 1 unspecified atom stereocenters. The smallest absolute Gasteiger partial charge is 0.395 e. The zero-order valence-electron chi connectivity index (χ0n) is 15.7. The van der Waals surface area contributed by atoms with Gasteiger partial charge in [-0.15, -0.1) is 8.78 Å². The number of carbonyl (C=O) groups is 1. The molecule has 0 fully saturated rings. The lowest BCUT2D eigenvalue weighted by atomic mass is 9.92. The van der Waals surface area contributed by atoms with Crippen LogP contribution in [0.2, 0.25) is 0 Å². The van der Waals surface area contributed by atoms with Crippen molar-refractivity contribution in [1.29, 1.82) is 0 Å². The van der Waals surface area contributed by atoms with Crippen molar-refractivity contribution in [2.24, 2.45) is 0 Å². The number of Topliss-reactive ketones (excluding diaryl/α,β-unsaturated/α-hetero) is 1. The highest BCUT2D eigenvalue weighted by molar-refractivity contribution is 5.95. The quantitative estimate of drug-likeness (QED) is 0.517. The van der Waals surface area contributed by atoms with Crippen molar-refractivity contribution in [3.8, 4) is 22.9 Å². The molecular formula is C21H14F2N2O5. The molecule has 1 aromatic carbocycles. The predicted molar refractivity (Wildman–Crippen MR) is 99.6 cm³/mol. The Bertz CT molecular complexity index is 1380. The van der Waals surface area contributed by atoms with E-state index in [1.807, 2.05) is 0 Å². The molecule has 9 heteroatoms. The van der Waals surface area contributed by atoms with Crippen LogP contribution in [0.4, 0.5) is 8.78 Å². The Morgan fingerprint density at radius 1 is 1.17 bits per heavy atom. The van der Waals surface area contributed by atoms with Crippen LogP contribution in [-0.4, -0.2) is 26.7 Å². The normalized spacial score (nSPS) is 22.3. The first-order valence-electron chi connectivity index (χ1n) is 9.47. The van der Waals surface area contributed by atoms with Crippen molar-refractivity contribution in [1.82, 2.24) is 9.55 Å². The monoisotopic (exact) mass is 412 g/mol. The molecule has 4 heterocycles. The van der Waals surface area contributed by atoms with Gasteiger partial charge in [-0.25, -0.2) is 4.98 Å². The van der Waals surface area contributed by atoms with Crippen LogP contribution in [0.1, 0.15) is 30.0 Å². The molecule has 3 aliphatic rings. The highest BCUT2D eigenvalue weighted by atomic mass is 19.3. The third kappa shape index (κ3) is 2.07. The van der Waals surface area contributed by atoms with Crippen molar-refractivity contribution in [3.05, 3.63) is 51.3 Å². The van der Waals surface area contributed by atoms with E-state index in [0.717, 1.165) is 5.56 Å². The standard InChI is InChI=1S/C21H14F2N2O5/c1-2-20(28)12-6-14-18-10(8-25(14)19(27)11(12)5-17(20)26)3-9-4-15-16(7-13(9)24-18)30-21(22,23)29-15/h3-4,6-7,28H,2,5,8H2,1H3. The Balaban J connectivity index is 1.56. The summed E-state index contributed by atoms with van der Waals surface area (Å²) in [6.45, 7) is 1.93. The molecule has 152 valence electrons. The second kappa shape index (κ2) is 5.23. The molecule has 6 rings (SSSR count). The third-order valence-electron chi connectivity index (χ3n) is 6.14. The summed E-state index contributed by atoms with van der Waals surface area (Å²) in [5, 5.41) is 11.4.